The van der Waals surface area contributed by atoms with Crippen LogP contribution in [0.2, 0.25) is 0 Å². The molecule has 2 aromatic rings. The van der Waals surface area contributed by atoms with E-state index in [1.54, 1.807) is 16.4 Å². The van der Waals surface area contributed by atoms with Crippen molar-refractivity contribution in [3.05, 3.63) is 41.5 Å². The third-order valence-corrected chi connectivity index (χ3v) is 9.39. The number of rotatable bonds is 6. The molecule has 0 saturated carbocycles. The van der Waals surface area contributed by atoms with Crippen LogP contribution in [0.4, 0.5) is 11.6 Å². The van der Waals surface area contributed by atoms with Gasteiger partial charge in [-0.1, -0.05) is 6.07 Å². The second-order valence-electron chi connectivity index (χ2n) is 9.81. The standard InChI is InChI=1S/C25H36N6O3S/c1-20-5-6-23(18-21(20)2)35(32,33)31-15-13-30(14-16-31)25-8-7-24(26-27-25)29-11-9-28(10-12-29)19-22-4-3-17-34-22/h5-8,18,22H,3-4,9-17,19H2,1-2H3. The lowest BCUT2D eigenvalue weighted by Gasteiger charge is -2.36. The Labute approximate surface area is 208 Å². The Kier molecular flexibility index (Phi) is 7.24. The molecule has 35 heavy (non-hydrogen) atoms. The highest BCUT2D eigenvalue weighted by atomic mass is 32.2. The van der Waals surface area contributed by atoms with Crippen molar-refractivity contribution in [3.8, 4) is 0 Å². The molecule has 10 heteroatoms. The van der Waals surface area contributed by atoms with Gasteiger partial charge in [0.2, 0.25) is 10.0 Å². The van der Waals surface area contributed by atoms with Gasteiger partial charge in [0, 0.05) is 65.5 Å². The van der Waals surface area contributed by atoms with E-state index in [4.69, 9.17) is 4.74 Å². The van der Waals surface area contributed by atoms with E-state index in [1.165, 1.54) is 12.8 Å². The number of nitrogens with zero attached hydrogens (tertiary/aromatic N) is 6. The van der Waals surface area contributed by atoms with Gasteiger partial charge in [-0.15, -0.1) is 10.2 Å². The normalized spacial score (nSPS) is 22.6. The molecule has 3 fully saturated rings. The summed E-state index contributed by atoms with van der Waals surface area (Å²) in [6.07, 6.45) is 2.76. The van der Waals surface area contributed by atoms with Gasteiger partial charge in [-0.05, 0) is 62.1 Å². The van der Waals surface area contributed by atoms with Gasteiger partial charge in [-0.3, -0.25) is 4.90 Å². The summed E-state index contributed by atoms with van der Waals surface area (Å²) >= 11 is 0. The van der Waals surface area contributed by atoms with Crippen molar-refractivity contribution >= 4 is 21.7 Å². The molecule has 0 N–H and O–H groups in total. The summed E-state index contributed by atoms with van der Waals surface area (Å²) in [5.74, 6) is 1.70. The van der Waals surface area contributed by atoms with E-state index in [-0.39, 0.29) is 0 Å². The molecular weight excluding hydrogens is 464 g/mol. The lowest BCUT2D eigenvalue weighted by atomic mass is 10.1. The molecule has 0 amide bonds. The van der Waals surface area contributed by atoms with Crippen molar-refractivity contribution in [2.45, 2.75) is 37.7 Å². The zero-order valence-electron chi connectivity index (χ0n) is 20.8. The van der Waals surface area contributed by atoms with Gasteiger partial charge in [0.1, 0.15) is 0 Å². The van der Waals surface area contributed by atoms with Gasteiger partial charge in [-0.25, -0.2) is 8.42 Å². The maximum absolute atomic E-state index is 13.1. The summed E-state index contributed by atoms with van der Waals surface area (Å²) in [5, 5.41) is 8.98. The van der Waals surface area contributed by atoms with E-state index < -0.39 is 10.0 Å². The predicted octanol–water partition coefficient (Wildman–Crippen LogP) is 1.91. The molecule has 190 valence electrons. The van der Waals surface area contributed by atoms with Gasteiger partial charge in [-0.2, -0.15) is 4.31 Å². The molecule has 4 heterocycles. The van der Waals surface area contributed by atoms with E-state index in [9.17, 15) is 8.42 Å². The Morgan fingerprint density at radius 2 is 1.49 bits per heavy atom. The molecule has 3 aliphatic rings. The minimum atomic E-state index is -3.49. The minimum Gasteiger partial charge on any atom is -0.377 e. The number of hydrogen-bond donors (Lipinski definition) is 0. The van der Waals surface area contributed by atoms with Crippen molar-refractivity contribution < 1.29 is 13.2 Å². The van der Waals surface area contributed by atoms with Crippen LogP contribution in [0.15, 0.2) is 35.2 Å². The van der Waals surface area contributed by atoms with Crippen LogP contribution in [0.1, 0.15) is 24.0 Å². The largest absolute Gasteiger partial charge is 0.377 e. The van der Waals surface area contributed by atoms with E-state index in [0.29, 0.717) is 37.2 Å². The van der Waals surface area contributed by atoms with Crippen LogP contribution < -0.4 is 9.80 Å². The first-order chi connectivity index (χ1) is 16.9. The molecule has 3 aliphatic heterocycles. The molecule has 3 saturated heterocycles. The summed E-state index contributed by atoms with van der Waals surface area (Å²) in [6.45, 7) is 11.8. The zero-order chi connectivity index (χ0) is 24.4. The number of aromatic nitrogens is 2. The lowest BCUT2D eigenvalue weighted by molar-refractivity contribution is 0.0712. The van der Waals surface area contributed by atoms with Crippen molar-refractivity contribution in [2.75, 3.05) is 75.3 Å². The molecule has 0 spiro atoms. The highest BCUT2D eigenvalue weighted by Gasteiger charge is 2.29. The number of ether oxygens (including phenoxy) is 1. The first-order valence-electron chi connectivity index (χ1n) is 12.7. The second kappa shape index (κ2) is 10.4. The highest BCUT2D eigenvalue weighted by Crippen LogP contribution is 2.23. The molecular formula is C25H36N6O3S. The summed E-state index contributed by atoms with van der Waals surface area (Å²) < 4.78 is 33.5. The third kappa shape index (κ3) is 5.45. The molecule has 0 aliphatic carbocycles. The van der Waals surface area contributed by atoms with Gasteiger partial charge >= 0.3 is 0 Å². The molecule has 1 unspecified atom stereocenters. The van der Waals surface area contributed by atoms with E-state index in [2.05, 4.69) is 24.9 Å². The van der Waals surface area contributed by atoms with Crippen LogP contribution in [-0.4, -0.2) is 99.4 Å². The average molecular weight is 501 g/mol. The Hall–Kier alpha value is -2.27. The van der Waals surface area contributed by atoms with Gasteiger partial charge in [0.25, 0.3) is 0 Å². The van der Waals surface area contributed by atoms with E-state index in [0.717, 1.165) is 62.1 Å². The maximum atomic E-state index is 13.1. The van der Waals surface area contributed by atoms with Crippen LogP contribution in [-0.2, 0) is 14.8 Å². The van der Waals surface area contributed by atoms with Crippen molar-refractivity contribution in [1.29, 1.82) is 0 Å². The van der Waals surface area contributed by atoms with Gasteiger partial charge in [0.15, 0.2) is 11.6 Å². The summed E-state index contributed by atoms with van der Waals surface area (Å²) in [5.41, 5.74) is 2.08. The van der Waals surface area contributed by atoms with Crippen LogP contribution in [0, 0.1) is 13.8 Å². The lowest BCUT2D eigenvalue weighted by Crippen LogP contribution is -2.49. The monoisotopic (exact) mass is 500 g/mol. The van der Waals surface area contributed by atoms with Crippen molar-refractivity contribution in [1.82, 2.24) is 19.4 Å². The molecule has 9 nitrogen and oxygen atoms in total. The minimum absolute atomic E-state index is 0.370. The predicted molar refractivity (Wildman–Crippen MR) is 137 cm³/mol. The van der Waals surface area contributed by atoms with Crippen LogP contribution >= 0.6 is 0 Å². The molecule has 1 aromatic heterocycles. The zero-order valence-corrected chi connectivity index (χ0v) is 21.6. The SMILES string of the molecule is Cc1ccc(S(=O)(=O)N2CCN(c3ccc(N4CCN(CC5CCCO5)CC4)nn3)CC2)cc1C. The molecule has 0 radical (unpaired) electrons. The molecule has 1 aromatic carbocycles. The Morgan fingerprint density at radius 1 is 0.857 bits per heavy atom. The van der Waals surface area contributed by atoms with Gasteiger partial charge < -0.3 is 14.5 Å². The summed E-state index contributed by atoms with van der Waals surface area (Å²) in [6, 6.07) is 9.39. The third-order valence-electron chi connectivity index (χ3n) is 7.50. The number of aryl methyl sites for hydroxylation is 2. The van der Waals surface area contributed by atoms with E-state index in [1.807, 2.05) is 32.0 Å². The maximum Gasteiger partial charge on any atom is 0.243 e. The molecule has 5 rings (SSSR count). The van der Waals surface area contributed by atoms with Crippen LogP contribution in [0.5, 0.6) is 0 Å². The first kappa shape index (κ1) is 24.4. The molecule has 1 atom stereocenters. The quantitative estimate of drug-likeness (QED) is 0.595. The smallest absolute Gasteiger partial charge is 0.243 e. The van der Waals surface area contributed by atoms with E-state index >= 15 is 0 Å². The second-order valence-corrected chi connectivity index (χ2v) is 11.7. The number of piperazine rings is 2. The average Bonchev–Trinajstić information content (AvgIpc) is 3.39. The fraction of sp³-hybridized carbons (Fsp3) is 0.600. The van der Waals surface area contributed by atoms with Crippen molar-refractivity contribution in [3.63, 3.8) is 0 Å². The van der Waals surface area contributed by atoms with Crippen LogP contribution in [0.25, 0.3) is 0 Å². The Morgan fingerprint density at radius 3 is 2.03 bits per heavy atom. The Balaban J connectivity index is 1.13. The molecule has 0 bridgehead atoms. The first-order valence-corrected chi connectivity index (χ1v) is 14.1. The van der Waals surface area contributed by atoms with Crippen LogP contribution in [0.3, 0.4) is 0 Å². The Bertz CT molecular complexity index is 1100. The van der Waals surface area contributed by atoms with Crippen molar-refractivity contribution in [2.24, 2.45) is 0 Å². The fourth-order valence-corrected chi connectivity index (χ4v) is 6.58. The summed E-state index contributed by atoms with van der Waals surface area (Å²) in [4.78, 5) is 7.26. The topological polar surface area (TPSA) is 82.1 Å². The highest BCUT2D eigenvalue weighted by molar-refractivity contribution is 7.89. The number of hydrogen-bond acceptors (Lipinski definition) is 8. The number of anilines is 2. The van der Waals surface area contributed by atoms with Gasteiger partial charge in [0.05, 0.1) is 11.0 Å². The fourth-order valence-electron chi connectivity index (χ4n) is 5.07. The number of benzene rings is 1. The number of sulfonamides is 1. The summed E-state index contributed by atoms with van der Waals surface area (Å²) in [7, 11) is -3.49.